The molecule has 1 amide bonds. The molecule has 0 aliphatic heterocycles. The number of nitrogens with one attached hydrogen (secondary N) is 1. The number of rotatable bonds is 6. The van der Waals surface area contributed by atoms with Gasteiger partial charge in [0.25, 0.3) is 5.91 Å². The zero-order valence-electron chi connectivity index (χ0n) is 11.2. The maximum atomic E-state index is 11.6. The smallest absolute Gasteiger partial charge is 0.277 e. The Bertz CT molecular complexity index is 626. The molecule has 0 aliphatic rings. The Morgan fingerprint density at radius 3 is 3.00 bits per heavy atom. The van der Waals surface area contributed by atoms with Crippen molar-refractivity contribution < 1.29 is 18.7 Å². The highest BCUT2D eigenvalue weighted by Crippen LogP contribution is 2.28. The lowest BCUT2D eigenvalue weighted by atomic mass is 10.3. The van der Waals surface area contributed by atoms with Gasteiger partial charge in [-0.3, -0.25) is 4.79 Å². The molecule has 6 nitrogen and oxygen atoms in total. The maximum Gasteiger partial charge on any atom is 0.277 e. The van der Waals surface area contributed by atoms with Gasteiger partial charge in [0.2, 0.25) is 0 Å². The second kappa shape index (κ2) is 7.49. The molecule has 1 heterocycles. The van der Waals surface area contributed by atoms with E-state index < -0.39 is 0 Å². The minimum Gasteiger partial charge on any atom is -0.497 e. The van der Waals surface area contributed by atoms with Gasteiger partial charge < -0.3 is 13.9 Å². The van der Waals surface area contributed by atoms with Gasteiger partial charge in [0.1, 0.15) is 17.3 Å². The van der Waals surface area contributed by atoms with Crippen LogP contribution in [-0.4, -0.2) is 25.8 Å². The van der Waals surface area contributed by atoms with Crippen LogP contribution in [-0.2, 0) is 4.79 Å². The summed E-state index contributed by atoms with van der Waals surface area (Å²) in [4.78, 5) is 11.6. The molecule has 0 saturated heterocycles. The number of methoxy groups -OCH3 is 1. The van der Waals surface area contributed by atoms with Gasteiger partial charge >= 0.3 is 0 Å². The first kappa shape index (κ1) is 15.1. The van der Waals surface area contributed by atoms with E-state index in [0.717, 1.165) is 0 Å². The van der Waals surface area contributed by atoms with Crippen molar-refractivity contribution in [2.45, 2.75) is 0 Å². The molecule has 1 N–H and O–H groups in total. The lowest BCUT2D eigenvalue weighted by Crippen LogP contribution is -2.24. The summed E-state index contributed by atoms with van der Waals surface area (Å²) >= 11 is 3.34. The van der Waals surface area contributed by atoms with Gasteiger partial charge in [0, 0.05) is 0 Å². The fourth-order valence-electron chi connectivity index (χ4n) is 1.43. The predicted octanol–water partition coefficient (Wildman–Crippen LogP) is 2.58. The zero-order valence-corrected chi connectivity index (χ0v) is 12.8. The minimum absolute atomic E-state index is 0.152. The SMILES string of the molecule is COc1ccc(OCC(=O)N/N=C/c2ccco2)c(Br)c1. The molecule has 0 spiro atoms. The van der Waals surface area contributed by atoms with Crippen LogP contribution >= 0.6 is 15.9 Å². The molecule has 0 radical (unpaired) electrons. The average Bonchev–Trinajstić information content (AvgIpc) is 2.99. The van der Waals surface area contributed by atoms with Crippen molar-refractivity contribution in [1.82, 2.24) is 5.43 Å². The molecule has 2 rings (SSSR count). The fourth-order valence-corrected chi connectivity index (χ4v) is 1.91. The number of benzene rings is 1. The first-order valence-corrected chi connectivity index (χ1v) is 6.80. The van der Waals surface area contributed by atoms with E-state index in [1.165, 1.54) is 12.5 Å². The third-order valence-electron chi connectivity index (χ3n) is 2.42. The van der Waals surface area contributed by atoms with Crippen molar-refractivity contribution in [1.29, 1.82) is 0 Å². The maximum absolute atomic E-state index is 11.6. The highest BCUT2D eigenvalue weighted by atomic mass is 79.9. The molecule has 0 atom stereocenters. The third-order valence-corrected chi connectivity index (χ3v) is 3.04. The van der Waals surface area contributed by atoms with Gasteiger partial charge in [-0.2, -0.15) is 5.10 Å². The molecule has 0 saturated carbocycles. The summed E-state index contributed by atoms with van der Waals surface area (Å²) in [6.45, 7) is -0.152. The number of nitrogens with zero attached hydrogens (tertiary/aromatic N) is 1. The molecule has 1 aromatic carbocycles. The molecule has 21 heavy (non-hydrogen) atoms. The first-order chi connectivity index (χ1) is 10.2. The Morgan fingerprint density at radius 1 is 1.48 bits per heavy atom. The van der Waals surface area contributed by atoms with Crippen LogP contribution in [0.4, 0.5) is 0 Å². The number of halogens is 1. The topological polar surface area (TPSA) is 73.1 Å². The lowest BCUT2D eigenvalue weighted by Gasteiger charge is -2.08. The van der Waals surface area contributed by atoms with E-state index in [-0.39, 0.29) is 12.5 Å². The van der Waals surface area contributed by atoms with Crippen molar-refractivity contribution >= 4 is 28.1 Å². The Balaban J connectivity index is 1.81. The number of hydrogen-bond acceptors (Lipinski definition) is 5. The van der Waals surface area contributed by atoms with Crippen LogP contribution in [0.5, 0.6) is 11.5 Å². The van der Waals surface area contributed by atoms with E-state index in [4.69, 9.17) is 13.9 Å². The molecular weight excluding hydrogens is 340 g/mol. The summed E-state index contributed by atoms with van der Waals surface area (Å²) in [5, 5.41) is 3.75. The molecule has 0 fully saturated rings. The first-order valence-electron chi connectivity index (χ1n) is 6.01. The van der Waals surface area contributed by atoms with Crippen LogP contribution in [0.15, 0.2) is 50.6 Å². The quantitative estimate of drug-likeness (QED) is 0.640. The summed E-state index contributed by atoms with van der Waals surface area (Å²) < 4.78 is 16.2. The molecule has 1 aromatic heterocycles. The van der Waals surface area contributed by atoms with E-state index in [2.05, 4.69) is 26.5 Å². The number of ether oxygens (including phenoxy) is 2. The number of carbonyl (C=O) groups is 1. The normalized spacial score (nSPS) is 10.6. The molecule has 110 valence electrons. The largest absolute Gasteiger partial charge is 0.497 e. The summed E-state index contributed by atoms with van der Waals surface area (Å²) in [5.41, 5.74) is 2.34. The van der Waals surface area contributed by atoms with Gasteiger partial charge in [-0.25, -0.2) is 5.43 Å². The lowest BCUT2D eigenvalue weighted by molar-refractivity contribution is -0.123. The van der Waals surface area contributed by atoms with E-state index in [0.29, 0.717) is 21.7 Å². The Kier molecular flexibility index (Phi) is 5.39. The second-order valence-electron chi connectivity index (χ2n) is 3.89. The molecule has 0 aliphatic carbocycles. The van der Waals surface area contributed by atoms with Crippen LogP contribution in [0, 0.1) is 0 Å². The Labute approximate surface area is 129 Å². The van der Waals surface area contributed by atoms with Crippen LogP contribution < -0.4 is 14.9 Å². The Hall–Kier alpha value is -2.28. The third kappa shape index (κ3) is 4.64. The van der Waals surface area contributed by atoms with Gasteiger partial charge in [-0.1, -0.05) is 0 Å². The van der Waals surface area contributed by atoms with E-state index in [9.17, 15) is 4.79 Å². The van der Waals surface area contributed by atoms with Gasteiger partial charge in [0.05, 0.1) is 24.1 Å². The minimum atomic E-state index is -0.375. The summed E-state index contributed by atoms with van der Waals surface area (Å²) in [5.74, 6) is 1.41. The molecule has 7 heteroatoms. The number of furan rings is 1. The summed E-state index contributed by atoms with van der Waals surface area (Å²) in [7, 11) is 1.58. The highest BCUT2D eigenvalue weighted by molar-refractivity contribution is 9.10. The predicted molar refractivity (Wildman–Crippen MR) is 80.6 cm³/mol. The molecule has 2 aromatic rings. The van der Waals surface area contributed by atoms with E-state index >= 15 is 0 Å². The Morgan fingerprint density at radius 2 is 2.33 bits per heavy atom. The standard InChI is InChI=1S/C14H13BrN2O4/c1-19-10-4-5-13(12(15)7-10)21-9-14(18)17-16-8-11-3-2-6-20-11/h2-8H,9H2,1H3,(H,17,18)/b16-8+. The van der Waals surface area contributed by atoms with Gasteiger partial charge in [-0.15, -0.1) is 0 Å². The summed E-state index contributed by atoms with van der Waals surface area (Å²) in [6, 6.07) is 8.66. The number of amides is 1. The second-order valence-corrected chi connectivity index (χ2v) is 4.75. The monoisotopic (exact) mass is 352 g/mol. The van der Waals surface area contributed by atoms with Crippen LogP contribution in [0.2, 0.25) is 0 Å². The van der Waals surface area contributed by atoms with Crippen LogP contribution in [0.25, 0.3) is 0 Å². The number of hydrogen-bond donors (Lipinski definition) is 1. The van der Waals surface area contributed by atoms with E-state index in [1.807, 2.05) is 0 Å². The van der Waals surface area contributed by atoms with Crippen molar-refractivity contribution in [2.75, 3.05) is 13.7 Å². The van der Waals surface area contributed by atoms with Crippen molar-refractivity contribution in [2.24, 2.45) is 5.10 Å². The summed E-state index contributed by atoms with van der Waals surface area (Å²) in [6.07, 6.45) is 2.93. The highest BCUT2D eigenvalue weighted by Gasteiger charge is 2.06. The fraction of sp³-hybridized carbons (Fsp3) is 0.143. The van der Waals surface area contributed by atoms with Gasteiger partial charge in [-0.05, 0) is 46.3 Å². The van der Waals surface area contributed by atoms with Gasteiger partial charge in [0.15, 0.2) is 6.61 Å². The molecule has 0 bridgehead atoms. The average molecular weight is 353 g/mol. The van der Waals surface area contributed by atoms with Crippen LogP contribution in [0.1, 0.15) is 5.76 Å². The van der Waals surface area contributed by atoms with Crippen molar-refractivity contribution in [3.8, 4) is 11.5 Å². The van der Waals surface area contributed by atoms with E-state index in [1.54, 1.807) is 37.4 Å². The van der Waals surface area contributed by atoms with Crippen molar-refractivity contribution in [3.63, 3.8) is 0 Å². The molecule has 0 unspecified atom stereocenters. The van der Waals surface area contributed by atoms with Crippen LogP contribution in [0.3, 0.4) is 0 Å². The zero-order chi connectivity index (χ0) is 15.1. The molecular formula is C14H13BrN2O4. The number of hydrazone groups is 1. The number of carbonyl (C=O) groups excluding carboxylic acids is 1. The van der Waals surface area contributed by atoms with Crippen molar-refractivity contribution in [3.05, 3.63) is 46.8 Å².